The van der Waals surface area contributed by atoms with Crippen LogP contribution in [-0.4, -0.2) is 57.6 Å². The van der Waals surface area contributed by atoms with Crippen LogP contribution in [-0.2, 0) is 19.1 Å². The van der Waals surface area contributed by atoms with Gasteiger partial charge in [0.05, 0.1) is 11.8 Å². The molecule has 0 saturated heterocycles. The van der Waals surface area contributed by atoms with Crippen LogP contribution in [0.25, 0.3) is 0 Å². The molecule has 0 unspecified atom stereocenters. The highest BCUT2D eigenvalue weighted by molar-refractivity contribution is 5.71. The van der Waals surface area contributed by atoms with Crippen molar-refractivity contribution in [2.24, 2.45) is 11.8 Å². The second-order valence-corrected chi connectivity index (χ2v) is 11.1. The van der Waals surface area contributed by atoms with Gasteiger partial charge in [-0.1, -0.05) is 12.8 Å². The number of carbonyl (C=O) groups is 4. The van der Waals surface area contributed by atoms with Gasteiger partial charge in [0.2, 0.25) is 0 Å². The zero-order chi connectivity index (χ0) is 26.1. The number of carboxylic acid groups (broad SMARTS) is 2. The Morgan fingerprint density at radius 1 is 0.647 bits per heavy atom. The van der Waals surface area contributed by atoms with Crippen LogP contribution in [0.15, 0.2) is 0 Å². The van der Waals surface area contributed by atoms with Gasteiger partial charge in [-0.15, -0.1) is 0 Å². The topological polar surface area (TPSA) is 151 Å². The lowest BCUT2D eigenvalue weighted by Crippen LogP contribution is -2.42. The van der Waals surface area contributed by atoms with E-state index >= 15 is 0 Å². The Labute approximate surface area is 202 Å². The van der Waals surface area contributed by atoms with E-state index in [1.54, 1.807) is 41.5 Å². The largest absolute Gasteiger partial charge is 0.481 e. The number of hydrogen-bond acceptors (Lipinski definition) is 6. The first-order valence-electron chi connectivity index (χ1n) is 12.0. The Morgan fingerprint density at radius 2 is 0.971 bits per heavy atom. The zero-order valence-corrected chi connectivity index (χ0v) is 21.3. The van der Waals surface area contributed by atoms with Gasteiger partial charge in [-0.2, -0.15) is 0 Å². The molecule has 0 spiro atoms. The molecule has 4 N–H and O–H groups in total. The predicted molar refractivity (Wildman–Crippen MR) is 126 cm³/mol. The minimum absolute atomic E-state index is 0.0836. The van der Waals surface area contributed by atoms with Crippen LogP contribution in [0, 0.1) is 11.8 Å². The van der Waals surface area contributed by atoms with E-state index in [-0.39, 0.29) is 23.9 Å². The smallest absolute Gasteiger partial charge is 0.407 e. The van der Waals surface area contributed by atoms with E-state index in [0.29, 0.717) is 25.7 Å². The fraction of sp³-hybridized carbons (Fsp3) is 0.833. The number of hydrogen-bond donors (Lipinski definition) is 4. The molecule has 2 saturated carbocycles. The molecule has 0 aromatic carbocycles. The van der Waals surface area contributed by atoms with Crippen LogP contribution in [0.5, 0.6) is 0 Å². The number of rotatable bonds is 4. The lowest BCUT2D eigenvalue weighted by Gasteiger charge is -2.28. The standard InChI is InChI=1S/2C12H21NO4/c2*1-12(2,3)17-11(16)13-9-6-4-5-8(7-9)10(14)15/h2*8-9H,4-7H2,1-3H3,(H,13,16)(H,14,15)/t2*8-,9-/m10/s1. The number of alkyl carbamates (subject to hydrolysis) is 2. The van der Waals surface area contributed by atoms with E-state index in [1.807, 2.05) is 0 Å². The third-order valence-corrected chi connectivity index (χ3v) is 5.49. The molecule has 196 valence electrons. The van der Waals surface area contributed by atoms with Crippen molar-refractivity contribution in [1.82, 2.24) is 10.6 Å². The molecule has 10 heteroatoms. The number of carbonyl (C=O) groups excluding carboxylic acids is 2. The molecule has 0 aromatic heterocycles. The van der Waals surface area contributed by atoms with Crippen LogP contribution in [0.1, 0.15) is 92.9 Å². The molecule has 2 rings (SSSR count). The van der Waals surface area contributed by atoms with Crippen molar-refractivity contribution in [3.63, 3.8) is 0 Å². The molecule has 0 aromatic rings. The van der Waals surface area contributed by atoms with Crippen molar-refractivity contribution in [3.05, 3.63) is 0 Å². The molecule has 4 atom stereocenters. The molecule has 0 aliphatic heterocycles. The van der Waals surface area contributed by atoms with Crippen LogP contribution >= 0.6 is 0 Å². The monoisotopic (exact) mass is 486 g/mol. The van der Waals surface area contributed by atoms with E-state index in [0.717, 1.165) is 25.7 Å². The number of carboxylic acids is 2. The lowest BCUT2D eigenvalue weighted by molar-refractivity contribution is -0.144. The second-order valence-electron chi connectivity index (χ2n) is 11.1. The van der Waals surface area contributed by atoms with Crippen molar-refractivity contribution in [3.8, 4) is 0 Å². The first-order chi connectivity index (χ1) is 15.6. The fourth-order valence-corrected chi connectivity index (χ4v) is 4.04. The van der Waals surface area contributed by atoms with Gasteiger partial charge in [0.1, 0.15) is 11.2 Å². The highest BCUT2D eigenvalue weighted by Crippen LogP contribution is 2.25. The molecule has 34 heavy (non-hydrogen) atoms. The molecule has 2 aliphatic rings. The number of nitrogens with one attached hydrogen (secondary N) is 2. The Balaban J connectivity index is 0.000000340. The van der Waals surface area contributed by atoms with Crippen molar-refractivity contribution in [2.45, 2.75) is 116 Å². The summed E-state index contributed by atoms with van der Waals surface area (Å²) in [5.74, 6) is -2.24. The molecular formula is C24H42N2O8. The van der Waals surface area contributed by atoms with Crippen molar-refractivity contribution >= 4 is 24.1 Å². The van der Waals surface area contributed by atoms with Crippen LogP contribution in [0.2, 0.25) is 0 Å². The Bertz CT molecular complexity index is 651. The van der Waals surface area contributed by atoms with E-state index < -0.39 is 35.3 Å². The van der Waals surface area contributed by atoms with Crippen LogP contribution < -0.4 is 10.6 Å². The highest BCUT2D eigenvalue weighted by Gasteiger charge is 2.30. The van der Waals surface area contributed by atoms with Gasteiger partial charge in [-0.3, -0.25) is 9.59 Å². The minimum atomic E-state index is -0.777. The molecule has 2 aliphatic carbocycles. The Kier molecular flexibility index (Phi) is 11.1. The molecule has 2 fully saturated rings. The average Bonchev–Trinajstić information content (AvgIpc) is 2.65. The molecule has 0 heterocycles. The number of ether oxygens (including phenoxy) is 2. The van der Waals surface area contributed by atoms with Gasteiger partial charge in [-0.05, 0) is 80.1 Å². The van der Waals surface area contributed by atoms with Gasteiger partial charge in [0.25, 0.3) is 0 Å². The van der Waals surface area contributed by atoms with Crippen LogP contribution in [0.4, 0.5) is 9.59 Å². The summed E-state index contributed by atoms with van der Waals surface area (Å²) < 4.78 is 10.3. The molecule has 10 nitrogen and oxygen atoms in total. The van der Waals surface area contributed by atoms with Crippen molar-refractivity contribution in [2.75, 3.05) is 0 Å². The predicted octanol–water partition coefficient (Wildman–Crippen LogP) is 4.31. The van der Waals surface area contributed by atoms with E-state index in [4.69, 9.17) is 19.7 Å². The maximum Gasteiger partial charge on any atom is 0.407 e. The third-order valence-electron chi connectivity index (χ3n) is 5.49. The van der Waals surface area contributed by atoms with Gasteiger partial charge < -0.3 is 30.3 Å². The van der Waals surface area contributed by atoms with E-state index in [2.05, 4.69) is 10.6 Å². The Hall–Kier alpha value is -2.52. The van der Waals surface area contributed by atoms with Gasteiger partial charge in [-0.25, -0.2) is 9.59 Å². The lowest BCUT2D eigenvalue weighted by atomic mass is 9.86. The number of amides is 2. The number of aliphatic carboxylic acids is 2. The first kappa shape index (κ1) is 29.5. The summed E-state index contributed by atoms with van der Waals surface area (Å²) in [7, 11) is 0. The van der Waals surface area contributed by atoms with E-state index in [1.165, 1.54) is 0 Å². The fourth-order valence-electron chi connectivity index (χ4n) is 4.04. The summed E-state index contributed by atoms with van der Waals surface area (Å²) in [5, 5.41) is 23.3. The van der Waals surface area contributed by atoms with Gasteiger partial charge in [0, 0.05) is 12.1 Å². The van der Waals surface area contributed by atoms with Crippen LogP contribution in [0.3, 0.4) is 0 Å². The SMILES string of the molecule is CC(C)(C)OC(=O)N[C@@H]1CCC[C@@H](C(=O)O)C1.CC(C)(C)OC(=O)N[C@H]1CCC[C@H](C(=O)O)C1. The molecule has 0 radical (unpaired) electrons. The second kappa shape index (κ2) is 12.8. The summed E-state index contributed by atoms with van der Waals surface area (Å²) in [5.41, 5.74) is -1.05. The van der Waals surface area contributed by atoms with Gasteiger partial charge >= 0.3 is 24.1 Å². The van der Waals surface area contributed by atoms with Crippen molar-refractivity contribution < 1.29 is 38.9 Å². The third kappa shape index (κ3) is 12.6. The molecular weight excluding hydrogens is 444 g/mol. The molecule has 2 amide bonds. The summed E-state index contributed by atoms with van der Waals surface area (Å²) in [4.78, 5) is 44.8. The summed E-state index contributed by atoms with van der Waals surface area (Å²) in [6, 6.07) is -0.167. The van der Waals surface area contributed by atoms with E-state index in [9.17, 15) is 19.2 Å². The summed E-state index contributed by atoms with van der Waals surface area (Å²) in [6.45, 7) is 10.8. The van der Waals surface area contributed by atoms with Gasteiger partial charge in [0.15, 0.2) is 0 Å². The van der Waals surface area contributed by atoms with Crippen molar-refractivity contribution in [1.29, 1.82) is 0 Å². The quantitative estimate of drug-likeness (QED) is 0.459. The molecule has 0 bridgehead atoms. The summed E-state index contributed by atoms with van der Waals surface area (Å²) >= 11 is 0. The average molecular weight is 487 g/mol. The Morgan fingerprint density at radius 3 is 1.24 bits per heavy atom. The first-order valence-corrected chi connectivity index (χ1v) is 12.0. The summed E-state index contributed by atoms with van der Waals surface area (Å²) in [6.07, 6.45) is 4.76. The highest BCUT2D eigenvalue weighted by atomic mass is 16.6. The normalized spacial score (nSPS) is 25.1. The zero-order valence-electron chi connectivity index (χ0n) is 21.3. The maximum atomic E-state index is 11.5. The maximum absolute atomic E-state index is 11.5. The minimum Gasteiger partial charge on any atom is -0.481 e.